The molecule has 10 heteroatoms. The molecule has 0 atom stereocenters. The van der Waals surface area contributed by atoms with E-state index in [2.05, 4.69) is 44.0 Å². The van der Waals surface area contributed by atoms with Gasteiger partial charge in [0.2, 0.25) is 5.91 Å². The molecule has 5 aromatic rings. The summed E-state index contributed by atoms with van der Waals surface area (Å²) in [5.74, 6) is 0.829. The largest absolute Gasteiger partial charge is 0.365 e. The number of hydrogen-bond donors (Lipinski definition) is 1. The van der Waals surface area contributed by atoms with Crippen molar-refractivity contribution in [3.8, 4) is 11.3 Å². The molecule has 0 spiro atoms. The number of aryl methyl sites for hydroxylation is 1. The number of pyridine rings is 2. The van der Waals surface area contributed by atoms with Crippen molar-refractivity contribution < 1.29 is 4.79 Å². The first-order valence-corrected chi connectivity index (χ1v) is 12.8. The molecule has 8 nitrogen and oxygen atoms in total. The van der Waals surface area contributed by atoms with Gasteiger partial charge in [0.1, 0.15) is 17.2 Å². The minimum absolute atomic E-state index is 0.0296. The molecule has 1 N–H and O–H groups in total. The van der Waals surface area contributed by atoms with E-state index in [1.807, 2.05) is 46.9 Å². The summed E-state index contributed by atoms with van der Waals surface area (Å²) in [5, 5.41) is 5.56. The van der Waals surface area contributed by atoms with Crippen molar-refractivity contribution in [1.82, 2.24) is 23.8 Å². The number of halogens is 2. The summed E-state index contributed by atoms with van der Waals surface area (Å²) >= 11 is 12.7. The van der Waals surface area contributed by atoms with E-state index in [0.717, 1.165) is 39.3 Å². The molecule has 1 saturated heterocycles. The van der Waals surface area contributed by atoms with Crippen LogP contribution in [0.25, 0.3) is 27.8 Å². The summed E-state index contributed by atoms with van der Waals surface area (Å²) in [7, 11) is 2.03. The van der Waals surface area contributed by atoms with Crippen molar-refractivity contribution in [2.75, 3.05) is 42.9 Å². The van der Waals surface area contributed by atoms with Gasteiger partial charge >= 0.3 is 0 Å². The zero-order valence-corrected chi connectivity index (χ0v) is 21.7. The number of benzene rings is 1. The highest BCUT2D eigenvalue weighted by Crippen LogP contribution is 2.33. The third-order valence-electron chi connectivity index (χ3n) is 6.87. The van der Waals surface area contributed by atoms with Crippen molar-refractivity contribution in [2.24, 2.45) is 7.05 Å². The lowest BCUT2D eigenvalue weighted by Crippen LogP contribution is -2.50. The molecule has 1 aliphatic heterocycles. The number of nitrogens with zero attached hydrogens (tertiary/aromatic N) is 6. The van der Waals surface area contributed by atoms with Gasteiger partial charge in [-0.2, -0.15) is 0 Å². The molecule has 5 heterocycles. The fourth-order valence-electron chi connectivity index (χ4n) is 4.95. The number of imidazole rings is 1. The molecular weight excluding hydrogens is 509 g/mol. The van der Waals surface area contributed by atoms with Crippen LogP contribution in [0.4, 0.5) is 11.5 Å². The second kappa shape index (κ2) is 9.61. The van der Waals surface area contributed by atoms with Crippen molar-refractivity contribution in [3.63, 3.8) is 0 Å². The Morgan fingerprint density at radius 2 is 1.78 bits per heavy atom. The van der Waals surface area contributed by atoms with E-state index < -0.39 is 0 Å². The van der Waals surface area contributed by atoms with Crippen molar-refractivity contribution >= 4 is 57.2 Å². The second-order valence-corrected chi connectivity index (χ2v) is 9.93. The van der Waals surface area contributed by atoms with Crippen LogP contribution in [0.1, 0.15) is 0 Å². The Hall–Kier alpha value is -3.75. The molecule has 0 radical (unpaired) electrons. The molecule has 6 rings (SSSR count). The smallest absolute Gasteiger partial charge is 0.242 e. The summed E-state index contributed by atoms with van der Waals surface area (Å²) in [6.45, 7) is 2.63. The summed E-state index contributed by atoms with van der Waals surface area (Å²) in [5.41, 5.74) is 4.56. The maximum Gasteiger partial charge on any atom is 0.242 e. The minimum Gasteiger partial charge on any atom is -0.365 e. The fraction of sp³-hybridized carbons (Fsp3) is 0.222. The number of rotatable bonds is 5. The zero-order chi connectivity index (χ0) is 25.5. The first-order chi connectivity index (χ1) is 18.0. The summed E-state index contributed by atoms with van der Waals surface area (Å²) in [6, 6.07) is 14.3. The highest BCUT2D eigenvalue weighted by molar-refractivity contribution is 6.38. The highest BCUT2D eigenvalue weighted by atomic mass is 35.5. The van der Waals surface area contributed by atoms with E-state index in [-0.39, 0.29) is 12.5 Å². The molecule has 1 fully saturated rings. The lowest BCUT2D eigenvalue weighted by atomic mass is 10.1. The molecule has 1 aromatic carbocycles. The van der Waals surface area contributed by atoms with Crippen LogP contribution in [0.5, 0.6) is 0 Å². The van der Waals surface area contributed by atoms with Crippen LogP contribution in [-0.2, 0) is 11.8 Å². The average Bonchev–Trinajstić information content (AvgIpc) is 3.47. The Bertz CT molecular complexity index is 1600. The molecule has 4 aromatic heterocycles. The van der Waals surface area contributed by atoms with E-state index in [9.17, 15) is 4.79 Å². The number of aromatic nitrogens is 4. The lowest BCUT2D eigenvalue weighted by molar-refractivity contribution is -0.129. The quantitative estimate of drug-likeness (QED) is 0.346. The van der Waals surface area contributed by atoms with Gasteiger partial charge in [-0.15, -0.1) is 0 Å². The van der Waals surface area contributed by atoms with E-state index in [4.69, 9.17) is 28.2 Å². The van der Waals surface area contributed by atoms with Gasteiger partial charge in [0.15, 0.2) is 0 Å². The molecule has 0 aliphatic carbocycles. The van der Waals surface area contributed by atoms with Gasteiger partial charge in [-0.1, -0.05) is 35.3 Å². The molecule has 1 amide bonds. The van der Waals surface area contributed by atoms with Gasteiger partial charge in [-0.25, -0.2) is 4.98 Å². The summed E-state index contributed by atoms with van der Waals surface area (Å²) in [4.78, 5) is 26.1. The molecule has 37 heavy (non-hydrogen) atoms. The number of fused-ring (bicyclic) bond motifs is 2. The van der Waals surface area contributed by atoms with Gasteiger partial charge in [0, 0.05) is 74.5 Å². The number of nitrogens with one attached hydrogen (secondary N) is 1. The third kappa shape index (κ3) is 4.36. The summed E-state index contributed by atoms with van der Waals surface area (Å²) in [6.07, 6.45) is 7.19. The van der Waals surface area contributed by atoms with E-state index in [0.29, 0.717) is 36.2 Å². The first kappa shape index (κ1) is 23.6. The van der Waals surface area contributed by atoms with Crippen LogP contribution in [0.3, 0.4) is 0 Å². The number of piperazine rings is 1. The van der Waals surface area contributed by atoms with Crippen LogP contribution in [-0.4, -0.2) is 62.5 Å². The fourth-order valence-corrected chi connectivity index (χ4v) is 5.56. The first-order valence-electron chi connectivity index (χ1n) is 12.1. The molecule has 1 aliphatic rings. The number of carbonyl (C=O) groups is 1. The second-order valence-electron chi connectivity index (χ2n) is 9.11. The lowest BCUT2D eigenvalue weighted by Gasteiger charge is -2.36. The van der Waals surface area contributed by atoms with E-state index in [1.54, 1.807) is 12.4 Å². The molecule has 0 unspecified atom stereocenters. The molecular formula is C27H25Cl2N7O. The van der Waals surface area contributed by atoms with Crippen molar-refractivity contribution in [2.45, 2.75) is 0 Å². The van der Waals surface area contributed by atoms with Gasteiger partial charge in [0.05, 0.1) is 22.3 Å². The predicted molar refractivity (Wildman–Crippen MR) is 149 cm³/mol. The number of hydrogen-bond acceptors (Lipinski definition) is 5. The Labute approximate surface area is 224 Å². The highest BCUT2D eigenvalue weighted by Gasteiger charge is 2.24. The van der Waals surface area contributed by atoms with Crippen molar-refractivity contribution in [1.29, 1.82) is 0 Å². The Balaban J connectivity index is 1.20. The Morgan fingerprint density at radius 1 is 1.00 bits per heavy atom. The maximum absolute atomic E-state index is 13.2. The van der Waals surface area contributed by atoms with Crippen molar-refractivity contribution in [3.05, 3.63) is 77.3 Å². The van der Waals surface area contributed by atoms with Crippen LogP contribution >= 0.6 is 23.2 Å². The standard InChI is InChI=1S/C27H25Cl2N7O/c1-33-9-7-18-14-19(5-6-22(18)33)25-27(36-8-3-2-4-23(36)32-25)31-17-24(37)34-10-12-35(13-11-34)26-20(28)15-30-16-21(26)29/h2-9,14-16,31H,10-13,17H2,1H3. The Morgan fingerprint density at radius 3 is 2.57 bits per heavy atom. The monoisotopic (exact) mass is 533 g/mol. The normalized spacial score (nSPS) is 14.0. The maximum atomic E-state index is 13.2. The predicted octanol–water partition coefficient (Wildman–Crippen LogP) is 4.96. The molecule has 0 bridgehead atoms. The zero-order valence-electron chi connectivity index (χ0n) is 20.2. The SMILES string of the molecule is Cn1ccc2cc(-c3nc4ccccn4c3NCC(=O)N3CCN(c4c(Cl)cncc4Cl)CC3)ccc21. The number of anilines is 2. The van der Waals surface area contributed by atoms with Gasteiger partial charge in [-0.05, 0) is 30.3 Å². The average molecular weight is 534 g/mol. The van der Waals surface area contributed by atoms with E-state index >= 15 is 0 Å². The minimum atomic E-state index is 0.0296. The molecule has 188 valence electrons. The van der Waals surface area contributed by atoms with Crippen LogP contribution in [0.2, 0.25) is 10.0 Å². The van der Waals surface area contributed by atoms with Gasteiger partial charge in [-0.3, -0.25) is 14.2 Å². The van der Waals surface area contributed by atoms with Gasteiger partial charge in [0.25, 0.3) is 0 Å². The van der Waals surface area contributed by atoms with Crippen LogP contribution < -0.4 is 10.2 Å². The van der Waals surface area contributed by atoms with Gasteiger partial charge < -0.3 is 19.7 Å². The Kier molecular flexibility index (Phi) is 6.14. The topological polar surface area (TPSA) is 70.7 Å². The van der Waals surface area contributed by atoms with E-state index in [1.165, 1.54) is 0 Å². The molecule has 0 saturated carbocycles. The van der Waals surface area contributed by atoms with Crippen LogP contribution in [0, 0.1) is 0 Å². The summed E-state index contributed by atoms with van der Waals surface area (Å²) < 4.78 is 4.08. The number of carbonyl (C=O) groups excluding carboxylic acids is 1. The number of amides is 1. The van der Waals surface area contributed by atoms with Crippen LogP contribution in [0.15, 0.2) is 67.3 Å². The third-order valence-corrected chi connectivity index (χ3v) is 7.43.